The highest BCUT2D eigenvalue weighted by Crippen LogP contribution is 2.25. The summed E-state index contributed by atoms with van der Waals surface area (Å²) in [6.07, 6.45) is 0.391. The second-order valence-electron chi connectivity index (χ2n) is 4.95. The number of sulfonamides is 1. The van der Waals surface area contributed by atoms with Crippen LogP contribution in [0.25, 0.3) is 0 Å². The van der Waals surface area contributed by atoms with E-state index in [-0.39, 0.29) is 17.0 Å². The van der Waals surface area contributed by atoms with Gasteiger partial charge in [0.25, 0.3) is 0 Å². The van der Waals surface area contributed by atoms with Crippen molar-refractivity contribution in [3.63, 3.8) is 0 Å². The minimum absolute atomic E-state index is 0.0631. The Morgan fingerprint density at radius 1 is 1.50 bits per heavy atom. The van der Waals surface area contributed by atoms with Gasteiger partial charge in [-0.3, -0.25) is 0 Å². The fourth-order valence-electron chi connectivity index (χ4n) is 2.30. The molecular formula is C13H19FN2O3S. The monoisotopic (exact) mass is 302 g/mol. The summed E-state index contributed by atoms with van der Waals surface area (Å²) < 4.78 is 45.8. The third-order valence-electron chi connectivity index (χ3n) is 3.48. The number of benzene rings is 1. The van der Waals surface area contributed by atoms with Crippen LogP contribution in [0.3, 0.4) is 0 Å². The van der Waals surface area contributed by atoms with Crippen LogP contribution in [0.2, 0.25) is 0 Å². The van der Waals surface area contributed by atoms with E-state index in [1.807, 2.05) is 6.92 Å². The summed E-state index contributed by atoms with van der Waals surface area (Å²) in [6, 6.07) is 2.92. The third kappa shape index (κ3) is 3.01. The average molecular weight is 302 g/mol. The molecule has 0 bridgehead atoms. The van der Waals surface area contributed by atoms with E-state index < -0.39 is 21.9 Å². The topological polar surface area (TPSA) is 81.4 Å². The van der Waals surface area contributed by atoms with Crippen LogP contribution < -0.4 is 10.5 Å². The molecule has 7 heteroatoms. The van der Waals surface area contributed by atoms with E-state index in [1.54, 1.807) is 6.92 Å². The molecule has 5 nitrogen and oxygen atoms in total. The molecule has 1 aromatic rings. The van der Waals surface area contributed by atoms with Crippen molar-refractivity contribution in [3.8, 4) is 0 Å². The number of rotatable bonds is 5. The normalized spacial score (nSPS) is 26.3. The van der Waals surface area contributed by atoms with Crippen LogP contribution in [-0.2, 0) is 14.8 Å². The van der Waals surface area contributed by atoms with Crippen molar-refractivity contribution >= 4 is 10.0 Å². The first-order valence-corrected chi connectivity index (χ1v) is 7.99. The maximum absolute atomic E-state index is 13.2. The Balaban J connectivity index is 2.21. The predicted molar refractivity (Wildman–Crippen MR) is 73.3 cm³/mol. The van der Waals surface area contributed by atoms with Gasteiger partial charge in [0.15, 0.2) is 0 Å². The van der Waals surface area contributed by atoms with Crippen molar-refractivity contribution in [1.82, 2.24) is 4.72 Å². The molecule has 112 valence electrons. The van der Waals surface area contributed by atoms with E-state index in [0.717, 1.165) is 6.07 Å². The molecule has 0 aliphatic heterocycles. The van der Waals surface area contributed by atoms with Gasteiger partial charge in [0, 0.05) is 12.6 Å². The Labute approximate surface area is 118 Å². The summed E-state index contributed by atoms with van der Waals surface area (Å²) in [4.78, 5) is -0.0631. The van der Waals surface area contributed by atoms with Crippen molar-refractivity contribution in [2.45, 2.75) is 43.4 Å². The zero-order valence-corrected chi connectivity index (χ0v) is 12.3. The van der Waals surface area contributed by atoms with Gasteiger partial charge >= 0.3 is 0 Å². The second kappa shape index (κ2) is 5.77. The predicted octanol–water partition coefficient (Wildman–Crippen LogP) is 0.917. The van der Waals surface area contributed by atoms with E-state index in [1.165, 1.54) is 12.1 Å². The van der Waals surface area contributed by atoms with Crippen LogP contribution in [0.4, 0.5) is 4.39 Å². The Kier molecular flexibility index (Phi) is 4.43. The summed E-state index contributed by atoms with van der Waals surface area (Å²) in [6.45, 7) is 3.95. The SMILES string of the molecule is CCOC1CC(N)C1NS(=O)(=O)c1cc(F)ccc1C. The van der Waals surface area contributed by atoms with Gasteiger partial charge in [-0.25, -0.2) is 17.5 Å². The van der Waals surface area contributed by atoms with Gasteiger partial charge in [-0.1, -0.05) is 6.07 Å². The minimum Gasteiger partial charge on any atom is -0.377 e. The molecule has 3 unspecified atom stereocenters. The van der Waals surface area contributed by atoms with Gasteiger partial charge in [-0.05, 0) is 38.0 Å². The fraction of sp³-hybridized carbons (Fsp3) is 0.538. The molecule has 0 spiro atoms. The third-order valence-corrected chi connectivity index (χ3v) is 5.08. The van der Waals surface area contributed by atoms with Crippen LogP contribution in [-0.4, -0.2) is 33.2 Å². The quantitative estimate of drug-likeness (QED) is 0.847. The number of halogens is 1. The lowest BCUT2D eigenvalue weighted by Gasteiger charge is -2.42. The number of nitrogens with two attached hydrogens (primary N) is 1. The van der Waals surface area contributed by atoms with Crippen molar-refractivity contribution in [3.05, 3.63) is 29.6 Å². The highest BCUT2D eigenvalue weighted by Gasteiger charge is 2.42. The van der Waals surface area contributed by atoms with Crippen molar-refractivity contribution in [2.24, 2.45) is 5.73 Å². The Morgan fingerprint density at radius 2 is 2.20 bits per heavy atom. The fourth-order valence-corrected chi connectivity index (χ4v) is 3.87. The molecule has 0 aromatic heterocycles. The van der Waals surface area contributed by atoms with Crippen molar-refractivity contribution in [2.75, 3.05) is 6.61 Å². The summed E-state index contributed by atoms with van der Waals surface area (Å²) in [7, 11) is -3.81. The lowest BCUT2D eigenvalue weighted by Crippen LogP contribution is -2.64. The van der Waals surface area contributed by atoms with Crippen molar-refractivity contribution < 1.29 is 17.5 Å². The molecule has 20 heavy (non-hydrogen) atoms. The molecule has 1 aliphatic carbocycles. The van der Waals surface area contributed by atoms with Gasteiger partial charge in [-0.2, -0.15) is 0 Å². The summed E-state index contributed by atoms with van der Waals surface area (Å²) in [5, 5.41) is 0. The van der Waals surface area contributed by atoms with Crippen LogP contribution in [0.5, 0.6) is 0 Å². The number of ether oxygens (including phenoxy) is 1. The lowest BCUT2D eigenvalue weighted by molar-refractivity contribution is -0.0248. The number of hydrogen-bond donors (Lipinski definition) is 2. The highest BCUT2D eigenvalue weighted by molar-refractivity contribution is 7.89. The summed E-state index contributed by atoms with van der Waals surface area (Å²) >= 11 is 0. The van der Waals surface area contributed by atoms with Gasteiger partial charge in [0.2, 0.25) is 10.0 Å². The summed E-state index contributed by atoms with van der Waals surface area (Å²) in [5.41, 5.74) is 6.30. The zero-order chi connectivity index (χ0) is 14.9. The van der Waals surface area contributed by atoms with Crippen LogP contribution >= 0.6 is 0 Å². The maximum Gasteiger partial charge on any atom is 0.241 e. The largest absolute Gasteiger partial charge is 0.377 e. The number of nitrogens with one attached hydrogen (secondary N) is 1. The first-order chi connectivity index (χ1) is 9.35. The molecule has 3 N–H and O–H groups in total. The number of hydrogen-bond acceptors (Lipinski definition) is 4. The Hall–Kier alpha value is -1.02. The van der Waals surface area contributed by atoms with E-state index in [4.69, 9.17) is 10.5 Å². The van der Waals surface area contributed by atoms with Crippen LogP contribution in [0.1, 0.15) is 18.9 Å². The standard InChI is InChI=1S/C13H19FN2O3S/c1-3-19-11-7-10(15)13(11)16-20(17,18)12-6-9(14)5-4-8(12)2/h4-6,10-11,13,16H,3,7,15H2,1-2H3. The molecule has 2 rings (SSSR count). The first kappa shape index (κ1) is 15.4. The Morgan fingerprint density at radius 3 is 2.80 bits per heavy atom. The molecule has 1 fully saturated rings. The van der Waals surface area contributed by atoms with E-state index >= 15 is 0 Å². The van der Waals surface area contributed by atoms with E-state index in [2.05, 4.69) is 4.72 Å². The Bertz CT molecular complexity index is 589. The van der Waals surface area contributed by atoms with Gasteiger partial charge < -0.3 is 10.5 Å². The molecular weight excluding hydrogens is 283 g/mol. The molecule has 0 heterocycles. The maximum atomic E-state index is 13.2. The molecule has 3 atom stereocenters. The van der Waals surface area contributed by atoms with Crippen LogP contribution in [0, 0.1) is 12.7 Å². The minimum atomic E-state index is -3.81. The number of aryl methyl sites for hydroxylation is 1. The van der Waals surface area contributed by atoms with Gasteiger partial charge in [0.05, 0.1) is 17.0 Å². The molecule has 1 aliphatic rings. The molecule has 1 saturated carbocycles. The van der Waals surface area contributed by atoms with Gasteiger partial charge in [0.1, 0.15) is 5.82 Å². The highest BCUT2D eigenvalue weighted by atomic mass is 32.2. The molecule has 1 aromatic carbocycles. The average Bonchev–Trinajstić information content (AvgIpc) is 2.39. The lowest BCUT2D eigenvalue weighted by atomic mass is 9.84. The zero-order valence-electron chi connectivity index (χ0n) is 11.5. The van der Waals surface area contributed by atoms with Crippen LogP contribution in [0.15, 0.2) is 23.1 Å². The second-order valence-corrected chi connectivity index (χ2v) is 6.63. The first-order valence-electron chi connectivity index (χ1n) is 6.51. The molecule has 0 amide bonds. The molecule has 0 radical (unpaired) electrons. The van der Waals surface area contributed by atoms with Crippen molar-refractivity contribution in [1.29, 1.82) is 0 Å². The molecule has 0 saturated heterocycles. The van der Waals surface area contributed by atoms with E-state index in [0.29, 0.717) is 18.6 Å². The summed E-state index contributed by atoms with van der Waals surface area (Å²) in [5.74, 6) is -0.588. The smallest absolute Gasteiger partial charge is 0.241 e. The van der Waals surface area contributed by atoms with Gasteiger partial charge in [-0.15, -0.1) is 0 Å². The van der Waals surface area contributed by atoms with E-state index in [9.17, 15) is 12.8 Å².